The Kier molecular flexibility index (Phi) is 4.96. The Morgan fingerprint density at radius 1 is 1.29 bits per heavy atom. The Labute approximate surface area is 178 Å². The Bertz CT molecular complexity index is 1250. The zero-order valence-electron chi connectivity index (χ0n) is 17.5. The molecule has 31 heavy (non-hydrogen) atoms. The molecule has 9 heteroatoms. The number of imidazole rings is 1. The number of amides is 1. The van der Waals surface area contributed by atoms with Crippen molar-refractivity contribution in [2.24, 2.45) is 0 Å². The van der Waals surface area contributed by atoms with Crippen LogP contribution in [0.25, 0.3) is 11.0 Å². The van der Waals surface area contributed by atoms with Crippen molar-refractivity contribution >= 4 is 28.4 Å². The minimum Gasteiger partial charge on any atom is -0.488 e. The van der Waals surface area contributed by atoms with Crippen molar-refractivity contribution in [1.29, 1.82) is 5.41 Å². The number of H-pyrrole nitrogens is 1. The van der Waals surface area contributed by atoms with Gasteiger partial charge in [0.25, 0.3) is 0 Å². The maximum Gasteiger partial charge on any atom is 0.327 e. The number of benzene rings is 1. The summed E-state index contributed by atoms with van der Waals surface area (Å²) in [5.41, 5.74) is 0.853. The van der Waals surface area contributed by atoms with E-state index in [0.717, 1.165) is 0 Å². The first kappa shape index (κ1) is 20.5. The van der Waals surface area contributed by atoms with Crippen LogP contribution in [0.3, 0.4) is 0 Å². The van der Waals surface area contributed by atoms with Crippen molar-refractivity contribution in [3.63, 3.8) is 0 Å². The average molecular weight is 421 g/mol. The normalized spacial score (nSPS) is 18.3. The summed E-state index contributed by atoms with van der Waals surface area (Å²) >= 11 is 0. The number of aromatic amines is 1. The van der Waals surface area contributed by atoms with Crippen LogP contribution in [0.5, 0.6) is 5.75 Å². The minimum absolute atomic E-state index is 0.0167. The number of Topliss-reactive ketones (excluding diaryl/α,β-unsaturated/α-hetero) is 1. The largest absolute Gasteiger partial charge is 0.488 e. The Morgan fingerprint density at radius 2 is 2.06 bits per heavy atom. The van der Waals surface area contributed by atoms with Crippen LogP contribution in [-0.4, -0.2) is 45.1 Å². The SMILES string of the molecule is CC(=N)C(C(C)=O)c1ccc2[nH]c(=O)n3c2c1OCC3(CNC(C)=O)c1ccccn1. The van der Waals surface area contributed by atoms with Gasteiger partial charge in [0.15, 0.2) is 0 Å². The fraction of sp³-hybridized carbons (Fsp3) is 0.318. The molecule has 0 saturated heterocycles. The van der Waals surface area contributed by atoms with E-state index in [4.69, 9.17) is 10.1 Å². The van der Waals surface area contributed by atoms with Gasteiger partial charge in [-0.15, -0.1) is 0 Å². The number of ketones is 1. The summed E-state index contributed by atoms with van der Waals surface area (Å²) < 4.78 is 7.76. The van der Waals surface area contributed by atoms with Gasteiger partial charge in [-0.3, -0.25) is 19.1 Å². The van der Waals surface area contributed by atoms with E-state index in [1.165, 1.54) is 13.8 Å². The van der Waals surface area contributed by atoms with E-state index in [1.807, 2.05) is 6.07 Å². The van der Waals surface area contributed by atoms with Crippen molar-refractivity contribution in [3.8, 4) is 5.75 Å². The second kappa shape index (κ2) is 7.50. The van der Waals surface area contributed by atoms with Crippen LogP contribution in [0, 0.1) is 5.41 Å². The van der Waals surface area contributed by atoms with Crippen LogP contribution in [0.2, 0.25) is 0 Å². The summed E-state index contributed by atoms with van der Waals surface area (Å²) in [5.74, 6) is -0.811. The molecule has 0 bridgehead atoms. The third kappa shape index (κ3) is 3.22. The molecule has 1 aromatic carbocycles. The van der Waals surface area contributed by atoms with Gasteiger partial charge in [0.2, 0.25) is 5.91 Å². The molecule has 0 saturated carbocycles. The van der Waals surface area contributed by atoms with E-state index in [2.05, 4.69) is 15.3 Å². The lowest BCUT2D eigenvalue weighted by atomic mass is 9.88. The standard InChI is InChI=1S/C22H23N5O4/c1-12(23)18(13(2)28)15-7-8-16-19-20(15)31-11-22(10-25-14(3)29,27(19)21(30)26-16)17-6-4-5-9-24-17/h4-9,18,23H,10-11H2,1-3H3,(H,25,29)(H,26,30). The van der Waals surface area contributed by atoms with Crippen LogP contribution in [0.4, 0.5) is 0 Å². The molecule has 1 aliphatic heterocycles. The Morgan fingerprint density at radius 3 is 2.68 bits per heavy atom. The number of carbonyl (C=O) groups is 2. The molecule has 9 nitrogen and oxygen atoms in total. The zero-order valence-corrected chi connectivity index (χ0v) is 17.5. The zero-order chi connectivity index (χ0) is 22.3. The molecule has 2 unspecified atom stereocenters. The molecule has 2 atom stereocenters. The van der Waals surface area contributed by atoms with Gasteiger partial charge in [-0.05, 0) is 32.0 Å². The molecule has 3 aromatic rings. The smallest absolute Gasteiger partial charge is 0.327 e. The number of aromatic nitrogens is 3. The fourth-order valence-corrected chi connectivity index (χ4v) is 4.30. The van der Waals surface area contributed by atoms with Crippen molar-refractivity contribution in [2.75, 3.05) is 13.2 Å². The molecule has 0 fully saturated rings. The van der Waals surface area contributed by atoms with Crippen LogP contribution >= 0.6 is 0 Å². The van der Waals surface area contributed by atoms with Crippen LogP contribution < -0.4 is 15.7 Å². The highest BCUT2D eigenvalue weighted by Gasteiger charge is 2.44. The summed E-state index contributed by atoms with van der Waals surface area (Å²) in [6.45, 7) is 4.52. The van der Waals surface area contributed by atoms with Gasteiger partial charge in [-0.25, -0.2) is 4.79 Å². The van der Waals surface area contributed by atoms with Crippen molar-refractivity contribution in [2.45, 2.75) is 32.2 Å². The first-order chi connectivity index (χ1) is 14.8. The second-order valence-corrected chi connectivity index (χ2v) is 7.82. The number of pyridine rings is 1. The number of hydrogen-bond acceptors (Lipinski definition) is 6. The Balaban J connectivity index is 2.03. The predicted octanol–water partition coefficient (Wildman–Crippen LogP) is 1.71. The number of carbonyl (C=O) groups excluding carboxylic acids is 2. The van der Waals surface area contributed by atoms with Crippen molar-refractivity contribution in [1.82, 2.24) is 19.9 Å². The van der Waals surface area contributed by atoms with E-state index in [-0.39, 0.29) is 36.2 Å². The summed E-state index contributed by atoms with van der Waals surface area (Å²) in [7, 11) is 0. The summed E-state index contributed by atoms with van der Waals surface area (Å²) in [6, 6.07) is 8.78. The van der Waals surface area contributed by atoms with E-state index in [9.17, 15) is 14.4 Å². The highest BCUT2D eigenvalue weighted by molar-refractivity contribution is 6.08. The lowest BCUT2D eigenvalue weighted by molar-refractivity contribution is -0.119. The van der Waals surface area contributed by atoms with E-state index in [1.54, 1.807) is 42.0 Å². The molecule has 1 amide bonds. The van der Waals surface area contributed by atoms with Crippen molar-refractivity contribution in [3.05, 3.63) is 58.3 Å². The van der Waals surface area contributed by atoms with Crippen molar-refractivity contribution < 1.29 is 14.3 Å². The lowest BCUT2D eigenvalue weighted by Crippen LogP contribution is -2.55. The third-order valence-corrected chi connectivity index (χ3v) is 5.64. The van der Waals surface area contributed by atoms with E-state index < -0.39 is 11.5 Å². The molecule has 2 aromatic heterocycles. The lowest BCUT2D eigenvalue weighted by Gasteiger charge is -2.38. The monoisotopic (exact) mass is 421 g/mol. The molecule has 0 spiro atoms. The summed E-state index contributed by atoms with van der Waals surface area (Å²) in [4.78, 5) is 44.5. The van der Waals surface area contributed by atoms with Gasteiger partial charge in [0, 0.05) is 24.4 Å². The second-order valence-electron chi connectivity index (χ2n) is 7.82. The average Bonchev–Trinajstić information content (AvgIpc) is 3.07. The van der Waals surface area contributed by atoms with Gasteiger partial charge < -0.3 is 20.4 Å². The van der Waals surface area contributed by atoms with E-state index >= 15 is 0 Å². The predicted molar refractivity (Wildman–Crippen MR) is 115 cm³/mol. The molecule has 3 N–H and O–H groups in total. The van der Waals surface area contributed by atoms with Gasteiger partial charge in [0.05, 0.1) is 23.7 Å². The maximum absolute atomic E-state index is 13.1. The Hall–Kier alpha value is -3.75. The van der Waals surface area contributed by atoms with Gasteiger partial charge in [-0.1, -0.05) is 12.1 Å². The highest BCUT2D eigenvalue weighted by atomic mass is 16.5. The first-order valence-corrected chi connectivity index (χ1v) is 9.88. The quantitative estimate of drug-likeness (QED) is 0.522. The molecule has 0 aliphatic carbocycles. The maximum atomic E-state index is 13.1. The van der Waals surface area contributed by atoms with Gasteiger partial charge >= 0.3 is 5.69 Å². The molecular formula is C22H23N5O4. The van der Waals surface area contributed by atoms with E-state index in [0.29, 0.717) is 28.0 Å². The summed E-state index contributed by atoms with van der Waals surface area (Å²) in [6.07, 6.45) is 1.62. The topological polar surface area (TPSA) is 130 Å². The number of hydrogen-bond donors (Lipinski definition) is 3. The highest BCUT2D eigenvalue weighted by Crippen LogP contribution is 2.41. The molecular weight excluding hydrogens is 398 g/mol. The van der Waals surface area contributed by atoms with Crippen LogP contribution in [0.1, 0.15) is 37.9 Å². The first-order valence-electron chi connectivity index (χ1n) is 9.88. The van der Waals surface area contributed by atoms with Crippen LogP contribution in [0.15, 0.2) is 41.3 Å². The number of ether oxygens (including phenoxy) is 1. The molecule has 3 heterocycles. The number of nitrogens with one attached hydrogen (secondary N) is 3. The molecule has 0 radical (unpaired) electrons. The molecule has 160 valence electrons. The van der Waals surface area contributed by atoms with Crippen LogP contribution in [-0.2, 0) is 15.1 Å². The fourth-order valence-electron chi connectivity index (χ4n) is 4.30. The number of rotatable bonds is 6. The minimum atomic E-state index is -1.08. The third-order valence-electron chi connectivity index (χ3n) is 5.64. The number of nitrogens with zero attached hydrogens (tertiary/aromatic N) is 2. The molecule has 1 aliphatic rings. The molecule has 4 rings (SSSR count). The van der Waals surface area contributed by atoms with Gasteiger partial charge in [0.1, 0.15) is 29.2 Å². The summed E-state index contributed by atoms with van der Waals surface area (Å²) in [5, 5.41) is 10.9. The van der Waals surface area contributed by atoms with Gasteiger partial charge in [-0.2, -0.15) is 0 Å².